The molecule has 0 bridgehead atoms. The third kappa shape index (κ3) is 4.01. The van der Waals surface area contributed by atoms with Crippen LogP contribution in [0, 0.1) is 11.7 Å². The van der Waals surface area contributed by atoms with Crippen molar-refractivity contribution in [2.45, 2.75) is 19.0 Å². The molecule has 1 aliphatic heterocycles. The Hall–Kier alpha value is -2.49. The van der Waals surface area contributed by atoms with Crippen molar-refractivity contribution in [3.63, 3.8) is 0 Å². The second-order valence-corrected chi connectivity index (χ2v) is 6.08. The van der Waals surface area contributed by atoms with Crippen LogP contribution in [-0.4, -0.2) is 40.5 Å². The van der Waals surface area contributed by atoms with Crippen molar-refractivity contribution in [1.29, 1.82) is 0 Å². The summed E-state index contributed by atoms with van der Waals surface area (Å²) in [6.07, 6.45) is -3.24. The molecule has 1 atom stereocenters. The van der Waals surface area contributed by atoms with Gasteiger partial charge in [0.1, 0.15) is 5.82 Å². The van der Waals surface area contributed by atoms with Crippen LogP contribution in [0.25, 0.3) is 5.69 Å². The maximum atomic E-state index is 13.5. The molecule has 2 N–H and O–H groups in total. The van der Waals surface area contributed by atoms with Crippen LogP contribution in [0.5, 0.6) is 0 Å². The van der Waals surface area contributed by atoms with Crippen molar-refractivity contribution in [3.05, 3.63) is 41.5 Å². The molecule has 6 nitrogen and oxygen atoms in total. The number of amides is 1. The monoisotopic (exact) mass is 371 g/mol. The van der Waals surface area contributed by atoms with Gasteiger partial charge in [-0.1, -0.05) is 11.3 Å². The van der Waals surface area contributed by atoms with Gasteiger partial charge in [0.05, 0.1) is 5.69 Å². The van der Waals surface area contributed by atoms with Gasteiger partial charge in [-0.25, -0.2) is 9.07 Å². The first kappa shape index (κ1) is 18.3. The number of rotatable bonds is 5. The van der Waals surface area contributed by atoms with E-state index in [1.165, 1.54) is 12.1 Å². The van der Waals surface area contributed by atoms with E-state index in [0.717, 1.165) is 31.6 Å². The maximum Gasteiger partial charge on any atom is 0.435 e. The maximum absolute atomic E-state index is 13.5. The Morgan fingerprint density at radius 2 is 2.19 bits per heavy atom. The summed E-state index contributed by atoms with van der Waals surface area (Å²) in [4.78, 5) is 12.2. The minimum atomic E-state index is -4.88. The van der Waals surface area contributed by atoms with E-state index < -0.39 is 29.3 Å². The average molecular weight is 371 g/mol. The largest absolute Gasteiger partial charge is 0.435 e. The molecule has 1 fully saturated rings. The molecule has 1 amide bonds. The molecule has 1 unspecified atom stereocenters. The van der Waals surface area contributed by atoms with Gasteiger partial charge >= 0.3 is 6.18 Å². The SMILES string of the molecule is O=C(NCCC1CCNC1)c1nnn(-c2cccc(F)c2)c1C(F)(F)F. The summed E-state index contributed by atoms with van der Waals surface area (Å²) >= 11 is 0. The highest BCUT2D eigenvalue weighted by molar-refractivity contribution is 5.93. The molecule has 0 spiro atoms. The van der Waals surface area contributed by atoms with Crippen LogP contribution in [0.1, 0.15) is 29.0 Å². The number of nitrogens with one attached hydrogen (secondary N) is 2. The number of halogens is 4. The predicted octanol–water partition coefficient (Wildman–Crippen LogP) is 2.15. The van der Waals surface area contributed by atoms with Gasteiger partial charge in [0, 0.05) is 6.54 Å². The second-order valence-electron chi connectivity index (χ2n) is 6.08. The molecule has 3 rings (SSSR count). The average Bonchev–Trinajstić information content (AvgIpc) is 3.23. The molecule has 26 heavy (non-hydrogen) atoms. The van der Waals surface area contributed by atoms with Crippen molar-refractivity contribution in [3.8, 4) is 5.69 Å². The van der Waals surface area contributed by atoms with Gasteiger partial charge in [-0.3, -0.25) is 4.79 Å². The lowest BCUT2D eigenvalue weighted by atomic mass is 10.1. The molecule has 1 aliphatic rings. The van der Waals surface area contributed by atoms with Gasteiger partial charge in [0.25, 0.3) is 5.91 Å². The molecular formula is C16H17F4N5O. The van der Waals surface area contributed by atoms with Crippen LogP contribution >= 0.6 is 0 Å². The van der Waals surface area contributed by atoms with E-state index in [2.05, 4.69) is 20.9 Å². The van der Waals surface area contributed by atoms with Crippen LogP contribution in [-0.2, 0) is 6.18 Å². The third-order valence-corrected chi connectivity index (χ3v) is 4.21. The first-order valence-electron chi connectivity index (χ1n) is 8.14. The lowest BCUT2D eigenvalue weighted by Gasteiger charge is -2.12. The van der Waals surface area contributed by atoms with Gasteiger partial charge in [-0.2, -0.15) is 13.2 Å². The van der Waals surface area contributed by atoms with E-state index in [4.69, 9.17) is 0 Å². The van der Waals surface area contributed by atoms with Crippen LogP contribution in [0.3, 0.4) is 0 Å². The number of carbonyl (C=O) groups is 1. The lowest BCUT2D eigenvalue weighted by Crippen LogP contribution is -2.29. The zero-order valence-corrected chi connectivity index (χ0v) is 13.7. The van der Waals surface area contributed by atoms with E-state index in [0.29, 0.717) is 17.0 Å². The highest BCUT2D eigenvalue weighted by Gasteiger charge is 2.42. The fraction of sp³-hybridized carbons (Fsp3) is 0.438. The summed E-state index contributed by atoms with van der Waals surface area (Å²) in [5, 5.41) is 12.4. The van der Waals surface area contributed by atoms with Crippen molar-refractivity contribution in [1.82, 2.24) is 25.6 Å². The fourth-order valence-electron chi connectivity index (χ4n) is 2.91. The Morgan fingerprint density at radius 3 is 2.85 bits per heavy atom. The van der Waals surface area contributed by atoms with Gasteiger partial charge in [0.2, 0.25) is 0 Å². The number of hydrogen-bond donors (Lipinski definition) is 2. The molecule has 1 saturated heterocycles. The Morgan fingerprint density at radius 1 is 1.38 bits per heavy atom. The number of aromatic nitrogens is 3. The van der Waals surface area contributed by atoms with Gasteiger partial charge < -0.3 is 10.6 Å². The van der Waals surface area contributed by atoms with Crippen molar-refractivity contribution >= 4 is 5.91 Å². The molecule has 10 heteroatoms. The minimum Gasteiger partial charge on any atom is -0.351 e. The zero-order valence-electron chi connectivity index (χ0n) is 13.7. The lowest BCUT2D eigenvalue weighted by molar-refractivity contribution is -0.143. The van der Waals surface area contributed by atoms with Gasteiger partial charge in [-0.05, 0) is 50.0 Å². The van der Waals surface area contributed by atoms with Crippen molar-refractivity contribution in [2.75, 3.05) is 19.6 Å². The van der Waals surface area contributed by atoms with Gasteiger partial charge in [-0.15, -0.1) is 5.10 Å². The number of nitrogens with zero attached hydrogens (tertiary/aromatic N) is 3. The smallest absolute Gasteiger partial charge is 0.351 e. The number of carbonyl (C=O) groups excluding carboxylic acids is 1. The Bertz CT molecular complexity index is 783. The Balaban J connectivity index is 1.81. The molecule has 0 saturated carbocycles. The molecule has 2 heterocycles. The highest BCUT2D eigenvalue weighted by Crippen LogP contribution is 2.32. The summed E-state index contributed by atoms with van der Waals surface area (Å²) in [6.45, 7) is 1.98. The summed E-state index contributed by atoms with van der Waals surface area (Å²) < 4.78 is 54.2. The quantitative estimate of drug-likeness (QED) is 0.790. The summed E-state index contributed by atoms with van der Waals surface area (Å²) in [7, 11) is 0. The first-order chi connectivity index (χ1) is 12.4. The summed E-state index contributed by atoms with van der Waals surface area (Å²) in [6, 6.07) is 4.49. The summed E-state index contributed by atoms with van der Waals surface area (Å²) in [5.74, 6) is -1.28. The molecule has 140 valence electrons. The molecule has 2 aromatic rings. The zero-order chi connectivity index (χ0) is 18.7. The van der Waals surface area contributed by atoms with Crippen LogP contribution in [0.4, 0.5) is 17.6 Å². The van der Waals surface area contributed by atoms with E-state index in [1.54, 1.807) is 0 Å². The number of benzene rings is 1. The van der Waals surface area contributed by atoms with Crippen LogP contribution < -0.4 is 10.6 Å². The number of hydrogen-bond acceptors (Lipinski definition) is 4. The van der Waals surface area contributed by atoms with Crippen molar-refractivity contribution < 1.29 is 22.4 Å². The van der Waals surface area contributed by atoms with E-state index >= 15 is 0 Å². The minimum absolute atomic E-state index is 0.166. The summed E-state index contributed by atoms with van der Waals surface area (Å²) in [5.41, 5.74) is -2.32. The second kappa shape index (κ2) is 7.40. The highest BCUT2D eigenvalue weighted by atomic mass is 19.4. The van der Waals surface area contributed by atoms with Crippen LogP contribution in [0.15, 0.2) is 24.3 Å². The Labute approximate surface area is 146 Å². The number of alkyl halides is 3. The van der Waals surface area contributed by atoms with Crippen molar-refractivity contribution in [2.24, 2.45) is 5.92 Å². The normalized spacial score (nSPS) is 17.5. The fourth-order valence-corrected chi connectivity index (χ4v) is 2.91. The van der Waals surface area contributed by atoms with E-state index in [9.17, 15) is 22.4 Å². The van der Waals surface area contributed by atoms with E-state index in [1.807, 2.05) is 0 Å². The third-order valence-electron chi connectivity index (χ3n) is 4.21. The van der Waals surface area contributed by atoms with Crippen LogP contribution in [0.2, 0.25) is 0 Å². The molecule has 0 radical (unpaired) electrons. The topological polar surface area (TPSA) is 71.8 Å². The first-order valence-corrected chi connectivity index (χ1v) is 8.14. The molecular weight excluding hydrogens is 354 g/mol. The van der Waals surface area contributed by atoms with E-state index in [-0.39, 0.29) is 12.2 Å². The Kier molecular flexibility index (Phi) is 5.21. The molecule has 0 aliphatic carbocycles. The van der Waals surface area contributed by atoms with Gasteiger partial charge in [0.15, 0.2) is 11.4 Å². The predicted molar refractivity (Wildman–Crippen MR) is 84.2 cm³/mol. The molecule has 1 aromatic heterocycles. The molecule has 1 aromatic carbocycles. The standard InChI is InChI=1S/C16H17F4N5O/c17-11-2-1-3-12(8-11)25-14(16(18,19)20)13(23-24-25)15(26)22-7-5-10-4-6-21-9-10/h1-3,8,10,21H,4-7,9H2,(H,22,26).